The number of rotatable bonds is 15. The third-order valence-electron chi connectivity index (χ3n) is 1.77. The Morgan fingerprint density at radius 2 is 0.857 bits per heavy atom. The molecule has 0 saturated carbocycles. The number of hydrogen-bond acceptors (Lipinski definition) is 7. The van der Waals surface area contributed by atoms with E-state index in [1.165, 1.54) is 12.5 Å². The van der Waals surface area contributed by atoms with Crippen molar-refractivity contribution >= 4 is 0 Å². The van der Waals surface area contributed by atoms with Crippen LogP contribution in [0.3, 0.4) is 0 Å². The fourth-order valence-corrected chi connectivity index (χ4v) is 0.923. The maximum Gasteiger partial charge on any atom is 0.111 e. The lowest BCUT2D eigenvalue weighted by molar-refractivity contribution is 0.000518. The minimum Gasteiger partial charge on any atom is -0.499 e. The molecule has 0 aliphatic carbocycles. The Hall–Kier alpha value is -1.12. The molecule has 7 heteroatoms. The SMILES string of the molecule is C=COCCOCCOCCOCCOC=C.OCCO. The molecule has 0 aromatic rings. The van der Waals surface area contributed by atoms with E-state index >= 15 is 0 Å². The van der Waals surface area contributed by atoms with Gasteiger partial charge in [-0.2, -0.15) is 0 Å². The zero-order valence-corrected chi connectivity index (χ0v) is 12.6. The molecule has 0 aromatic heterocycles. The molecule has 21 heavy (non-hydrogen) atoms. The van der Waals surface area contributed by atoms with E-state index in [-0.39, 0.29) is 13.2 Å². The van der Waals surface area contributed by atoms with Crippen molar-refractivity contribution in [3.8, 4) is 0 Å². The maximum absolute atomic E-state index is 7.62. The van der Waals surface area contributed by atoms with E-state index in [2.05, 4.69) is 13.2 Å². The standard InChI is InChI=1S/C12H22O5.C2H6O2/c1-3-13-5-7-15-9-11-17-12-10-16-8-6-14-4-2;3-1-2-4/h3-4H,1-2,5-12H2;3-4H,1-2H2. The van der Waals surface area contributed by atoms with Crippen LogP contribution in [-0.2, 0) is 23.7 Å². The fraction of sp³-hybridized carbons (Fsp3) is 0.714. The van der Waals surface area contributed by atoms with Gasteiger partial charge >= 0.3 is 0 Å². The van der Waals surface area contributed by atoms with E-state index in [4.69, 9.17) is 33.9 Å². The molecule has 0 amide bonds. The molecule has 0 radical (unpaired) electrons. The first-order chi connectivity index (χ1) is 10.3. The Labute approximate surface area is 126 Å². The largest absolute Gasteiger partial charge is 0.499 e. The Kier molecular flexibility index (Phi) is 25.3. The van der Waals surface area contributed by atoms with Crippen LogP contribution in [-0.4, -0.2) is 76.3 Å². The zero-order chi connectivity index (χ0) is 16.0. The highest BCUT2D eigenvalue weighted by Crippen LogP contribution is 1.83. The number of aliphatic hydroxyl groups is 2. The highest BCUT2D eigenvalue weighted by atomic mass is 16.6. The summed E-state index contributed by atoms with van der Waals surface area (Å²) in [5.74, 6) is 0. The summed E-state index contributed by atoms with van der Waals surface area (Å²) >= 11 is 0. The van der Waals surface area contributed by atoms with Gasteiger partial charge in [-0.05, 0) is 0 Å². The molecule has 0 heterocycles. The van der Waals surface area contributed by atoms with Crippen molar-refractivity contribution in [3.05, 3.63) is 25.7 Å². The molecule has 2 N–H and O–H groups in total. The smallest absolute Gasteiger partial charge is 0.111 e. The van der Waals surface area contributed by atoms with Gasteiger partial charge in [-0.25, -0.2) is 0 Å². The highest BCUT2D eigenvalue weighted by Gasteiger charge is 1.91. The summed E-state index contributed by atoms with van der Waals surface area (Å²) in [6.45, 7) is 11.0. The van der Waals surface area contributed by atoms with Crippen molar-refractivity contribution in [2.24, 2.45) is 0 Å². The molecule has 0 aliphatic rings. The second-order valence-electron chi connectivity index (χ2n) is 3.36. The molecule has 126 valence electrons. The van der Waals surface area contributed by atoms with Gasteiger partial charge in [0.1, 0.15) is 13.2 Å². The van der Waals surface area contributed by atoms with Crippen LogP contribution in [0.1, 0.15) is 0 Å². The van der Waals surface area contributed by atoms with E-state index in [1.54, 1.807) is 0 Å². The van der Waals surface area contributed by atoms with Crippen molar-refractivity contribution in [1.82, 2.24) is 0 Å². The van der Waals surface area contributed by atoms with E-state index in [0.717, 1.165) is 0 Å². The molecule has 0 aliphatic heterocycles. The third-order valence-corrected chi connectivity index (χ3v) is 1.77. The van der Waals surface area contributed by atoms with Crippen molar-refractivity contribution < 1.29 is 33.9 Å². The van der Waals surface area contributed by atoms with Crippen LogP contribution < -0.4 is 0 Å². The summed E-state index contributed by atoms with van der Waals surface area (Å²) in [7, 11) is 0. The van der Waals surface area contributed by atoms with Crippen molar-refractivity contribution in [3.63, 3.8) is 0 Å². The predicted octanol–water partition coefficient (Wildman–Crippen LogP) is 0.327. The summed E-state index contributed by atoms with van der Waals surface area (Å²) in [4.78, 5) is 0. The minimum absolute atomic E-state index is 0.125. The van der Waals surface area contributed by atoms with Crippen molar-refractivity contribution in [2.45, 2.75) is 0 Å². The van der Waals surface area contributed by atoms with Gasteiger partial charge in [0.05, 0.1) is 65.4 Å². The summed E-state index contributed by atoms with van der Waals surface area (Å²) in [5.41, 5.74) is 0. The zero-order valence-electron chi connectivity index (χ0n) is 12.6. The van der Waals surface area contributed by atoms with Crippen LogP contribution in [0.15, 0.2) is 25.7 Å². The number of hydrogen-bond donors (Lipinski definition) is 2. The molecule has 0 spiro atoms. The van der Waals surface area contributed by atoms with Crippen LogP contribution in [0, 0.1) is 0 Å². The van der Waals surface area contributed by atoms with Gasteiger partial charge in [0.2, 0.25) is 0 Å². The molecule has 0 bridgehead atoms. The minimum atomic E-state index is -0.125. The van der Waals surface area contributed by atoms with E-state index < -0.39 is 0 Å². The maximum atomic E-state index is 7.62. The quantitative estimate of drug-likeness (QED) is 0.333. The van der Waals surface area contributed by atoms with Gasteiger partial charge in [-0.15, -0.1) is 0 Å². The Balaban J connectivity index is 0. The molecule has 7 nitrogen and oxygen atoms in total. The molecule has 0 rings (SSSR count). The molecule has 0 atom stereocenters. The van der Waals surface area contributed by atoms with Gasteiger partial charge in [0.15, 0.2) is 0 Å². The van der Waals surface area contributed by atoms with Crippen LogP contribution in [0.2, 0.25) is 0 Å². The lowest BCUT2D eigenvalue weighted by Crippen LogP contribution is -2.12. The summed E-state index contributed by atoms with van der Waals surface area (Å²) in [6, 6.07) is 0. The summed E-state index contributed by atoms with van der Waals surface area (Å²) < 4.78 is 25.5. The summed E-state index contributed by atoms with van der Waals surface area (Å²) in [5, 5.41) is 15.2. The van der Waals surface area contributed by atoms with Crippen molar-refractivity contribution in [2.75, 3.05) is 66.1 Å². The fourth-order valence-electron chi connectivity index (χ4n) is 0.923. The average Bonchev–Trinajstić information content (AvgIpc) is 2.52. The van der Waals surface area contributed by atoms with Gasteiger partial charge in [0, 0.05) is 0 Å². The lowest BCUT2D eigenvalue weighted by Gasteiger charge is -2.06. The van der Waals surface area contributed by atoms with Crippen LogP contribution in [0.4, 0.5) is 0 Å². The lowest BCUT2D eigenvalue weighted by atomic mass is 10.7. The topological polar surface area (TPSA) is 86.6 Å². The van der Waals surface area contributed by atoms with Gasteiger partial charge in [0.25, 0.3) is 0 Å². The molecule has 0 fully saturated rings. The van der Waals surface area contributed by atoms with Crippen LogP contribution >= 0.6 is 0 Å². The van der Waals surface area contributed by atoms with E-state index in [0.29, 0.717) is 52.9 Å². The average molecular weight is 308 g/mol. The van der Waals surface area contributed by atoms with E-state index in [1.807, 2.05) is 0 Å². The van der Waals surface area contributed by atoms with Gasteiger partial charge in [-0.1, -0.05) is 13.2 Å². The van der Waals surface area contributed by atoms with Crippen LogP contribution in [0.5, 0.6) is 0 Å². The van der Waals surface area contributed by atoms with Crippen LogP contribution in [0.25, 0.3) is 0 Å². The molecule has 0 saturated heterocycles. The van der Waals surface area contributed by atoms with Gasteiger partial charge < -0.3 is 33.9 Å². The Morgan fingerprint density at radius 3 is 1.10 bits per heavy atom. The Morgan fingerprint density at radius 1 is 0.571 bits per heavy atom. The first-order valence-electron chi connectivity index (χ1n) is 6.73. The van der Waals surface area contributed by atoms with E-state index in [9.17, 15) is 0 Å². The number of ether oxygens (including phenoxy) is 5. The second-order valence-corrected chi connectivity index (χ2v) is 3.36. The highest BCUT2D eigenvalue weighted by molar-refractivity contribution is 4.48. The normalized spacial score (nSPS) is 9.43. The molecular formula is C14H28O7. The Bertz CT molecular complexity index is 180. The molecule has 0 aromatic carbocycles. The summed E-state index contributed by atoms with van der Waals surface area (Å²) in [6.07, 6.45) is 2.79. The van der Waals surface area contributed by atoms with Crippen molar-refractivity contribution in [1.29, 1.82) is 0 Å². The monoisotopic (exact) mass is 308 g/mol. The predicted molar refractivity (Wildman–Crippen MR) is 78.9 cm³/mol. The number of aliphatic hydroxyl groups excluding tert-OH is 2. The first kappa shape index (κ1) is 22.2. The second kappa shape index (κ2) is 23.9. The first-order valence-corrected chi connectivity index (χ1v) is 6.73. The van der Waals surface area contributed by atoms with Gasteiger partial charge in [-0.3, -0.25) is 0 Å². The molecular weight excluding hydrogens is 280 g/mol. The third kappa shape index (κ3) is 27.9. The molecule has 0 unspecified atom stereocenters.